The van der Waals surface area contributed by atoms with Gasteiger partial charge in [0.05, 0.1) is 4.90 Å². The van der Waals surface area contributed by atoms with E-state index in [1.54, 1.807) is 12.1 Å². The average molecular weight is 395 g/mol. The number of hydrogen-bond donors (Lipinski definition) is 2. The van der Waals surface area contributed by atoms with Crippen LogP contribution in [0.15, 0.2) is 27.6 Å². The van der Waals surface area contributed by atoms with E-state index in [9.17, 15) is 8.42 Å². The normalized spacial score (nSPS) is 11.8. The molecular weight excluding hydrogens is 372 g/mol. The molecule has 0 aromatic heterocycles. The van der Waals surface area contributed by atoms with Crippen LogP contribution < -0.4 is 10.5 Å². The van der Waals surface area contributed by atoms with Gasteiger partial charge in [0.2, 0.25) is 10.0 Å². The smallest absolute Gasteiger partial charge is 0.241 e. The van der Waals surface area contributed by atoms with Crippen LogP contribution >= 0.6 is 27.7 Å². The SMILES string of the molecule is CSCCCCCCNS(=O)(=O)c1cc(CN)ccc1Br. The third kappa shape index (κ3) is 6.69. The van der Waals surface area contributed by atoms with Gasteiger partial charge in [0.1, 0.15) is 0 Å². The van der Waals surface area contributed by atoms with Crippen LogP contribution in [0, 0.1) is 0 Å². The van der Waals surface area contributed by atoms with Crippen molar-refractivity contribution in [3.8, 4) is 0 Å². The van der Waals surface area contributed by atoms with E-state index in [1.807, 2.05) is 17.8 Å². The molecule has 0 fully saturated rings. The Kier molecular flexibility index (Phi) is 8.89. The molecular formula is C14H23BrN2O2S2. The fourth-order valence-electron chi connectivity index (χ4n) is 1.89. The topological polar surface area (TPSA) is 72.2 Å². The summed E-state index contributed by atoms with van der Waals surface area (Å²) in [6.07, 6.45) is 6.35. The number of thioether (sulfide) groups is 1. The van der Waals surface area contributed by atoms with Crippen molar-refractivity contribution in [3.63, 3.8) is 0 Å². The molecule has 0 unspecified atom stereocenters. The second kappa shape index (κ2) is 9.84. The molecule has 0 saturated heterocycles. The van der Waals surface area contributed by atoms with E-state index in [-0.39, 0.29) is 4.90 Å². The molecule has 0 saturated carbocycles. The molecule has 1 aromatic carbocycles. The largest absolute Gasteiger partial charge is 0.326 e. The summed E-state index contributed by atoms with van der Waals surface area (Å²) in [5, 5.41) is 0. The Morgan fingerprint density at radius 3 is 2.62 bits per heavy atom. The highest BCUT2D eigenvalue weighted by atomic mass is 79.9. The molecule has 120 valence electrons. The Morgan fingerprint density at radius 2 is 1.95 bits per heavy atom. The minimum absolute atomic E-state index is 0.257. The lowest BCUT2D eigenvalue weighted by Crippen LogP contribution is -2.25. The second-order valence-corrected chi connectivity index (χ2v) is 8.35. The van der Waals surface area contributed by atoms with Crippen LogP contribution in [-0.2, 0) is 16.6 Å². The molecule has 1 rings (SSSR count). The molecule has 0 aliphatic rings. The Labute approximate surface area is 140 Å². The van der Waals surface area contributed by atoms with Crippen molar-refractivity contribution in [2.24, 2.45) is 5.73 Å². The monoisotopic (exact) mass is 394 g/mol. The van der Waals surface area contributed by atoms with Crippen LogP contribution in [0.1, 0.15) is 31.2 Å². The van der Waals surface area contributed by atoms with Gasteiger partial charge >= 0.3 is 0 Å². The van der Waals surface area contributed by atoms with Crippen LogP contribution in [0.3, 0.4) is 0 Å². The summed E-state index contributed by atoms with van der Waals surface area (Å²) in [7, 11) is -3.48. The Morgan fingerprint density at radius 1 is 1.24 bits per heavy atom. The average Bonchev–Trinajstić information content (AvgIpc) is 2.46. The van der Waals surface area contributed by atoms with Crippen LogP contribution in [0.5, 0.6) is 0 Å². The van der Waals surface area contributed by atoms with Gasteiger partial charge < -0.3 is 5.73 Å². The Hall–Kier alpha value is -0.0800. The maximum atomic E-state index is 12.3. The zero-order valence-electron chi connectivity index (χ0n) is 12.3. The number of nitrogens with one attached hydrogen (secondary N) is 1. The van der Waals surface area contributed by atoms with Gasteiger partial charge in [0.15, 0.2) is 0 Å². The van der Waals surface area contributed by atoms with Gasteiger partial charge in [-0.25, -0.2) is 13.1 Å². The van der Waals surface area contributed by atoms with Gasteiger partial charge in [-0.3, -0.25) is 0 Å². The van der Waals surface area contributed by atoms with E-state index < -0.39 is 10.0 Å². The summed E-state index contributed by atoms with van der Waals surface area (Å²) in [6, 6.07) is 5.15. The molecule has 0 amide bonds. The first kappa shape index (κ1) is 19.0. The third-order valence-electron chi connectivity index (χ3n) is 3.09. The molecule has 0 atom stereocenters. The minimum Gasteiger partial charge on any atom is -0.326 e. The maximum absolute atomic E-state index is 12.3. The Balaban J connectivity index is 2.50. The summed E-state index contributed by atoms with van der Waals surface area (Å²) < 4.78 is 27.8. The zero-order valence-corrected chi connectivity index (χ0v) is 15.5. The van der Waals surface area contributed by atoms with Gasteiger partial charge in [-0.2, -0.15) is 11.8 Å². The van der Waals surface area contributed by atoms with Crippen molar-refractivity contribution in [2.45, 2.75) is 37.1 Å². The molecule has 0 heterocycles. The number of nitrogens with two attached hydrogens (primary N) is 1. The summed E-state index contributed by atoms with van der Waals surface area (Å²) in [5.41, 5.74) is 6.36. The molecule has 21 heavy (non-hydrogen) atoms. The van der Waals surface area contributed by atoms with Gasteiger partial charge in [-0.1, -0.05) is 18.9 Å². The van der Waals surface area contributed by atoms with Crippen molar-refractivity contribution in [1.82, 2.24) is 4.72 Å². The van der Waals surface area contributed by atoms with E-state index >= 15 is 0 Å². The number of unbranched alkanes of at least 4 members (excludes halogenated alkanes) is 3. The summed E-state index contributed by atoms with van der Waals surface area (Å²) in [5.74, 6) is 1.17. The molecule has 4 nitrogen and oxygen atoms in total. The van der Waals surface area contributed by atoms with E-state index in [0.29, 0.717) is 17.6 Å². The zero-order chi connectivity index (χ0) is 15.7. The number of halogens is 1. The standard InChI is InChI=1S/C14H23BrN2O2S2/c1-20-9-5-3-2-4-8-17-21(18,19)14-10-12(11-16)6-7-13(14)15/h6-7,10,17H,2-5,8-9,11,16H2,1H3. The highest BCUT2D eigenvalue weighted by Gasteiger charge is 2.17. The molecule has 0 bridgehead atoms. The lowest BCUT2D eigenvalue weighted by molar-refractivity contribution is 0.573. The van der Waals surface area contributed by atoms with E-state index in [2.05, 4.69) is 26.9 Å². The summed E-state index contributed by atoms with van der Waals surface area (Å²) in [6.45, 7) is 0.798. The summed E-state index contributed by atoms with van der Waals surface area (Å²) >= 11 is 5.13. The van der Waals surface area contributed by atoms with Crippen LogP contribution in [0.2, 0.25) is 0 Å². The van der Waals surface area contributed by atoms with Crippen molar-refractivity contribution < 1.29 is 8.42 Å². The Bertz CT molecular complexity index is 536. The maximum Gasteiger partial charge on any atom is 0.241 e. The van der Waals surface area contributed by atoms with Crippen molar-refractivity contribution in [2.75, 3.05) is 18.6 Å². The molecule has 3 N–H and O–H groups in total. The first-order valence-corrected chi connectivity index (χ1v) is 10.7. The first-order valence-electron chi connectivity index (χ1n) is 6.98. The van der Waals surface area contributed by atoms with Gasteiger partial charge in [0.25, 0.3) is 0 Å². The van der Waals surface area contributed by atoms with Crippen molar-refractivity contribution in [3.05, 3.63) is 28.2 Å². The molecule has 1 aromatic rings. The molecule has 0 spiro atoms. The van der Waals surface area contributed by atoms with Gasteiger partial charge in [-0.05, 0) is 58.5 Å². The van der Waals surface area contributed by atoms with Crippen molar-refractivity contribution >= 4 is 37.7 Å². The molecule has 7 heteroatoms. The third-order valence-corrected chi connectivity index (χ3v) is 6.24. The lowest BCUT2D eigenvalue weighted by atomic mass is 10.2. The second-order valence-electron chi connectivity index (χ2n) is 4.77. The van der Waals surface area contributed by atoms with Crippen LogP contribution in [0.25, 0.3) is 0 Å². The first-order chi connectivity index (χ1) is 10.0. The van der Waals surface area contributed by atoms with Gasteiger partial charge in [0, 0.05) is 17.6 Å². The minimum atomic E-state index is -3.48. The summed E-state index contributed by atoms with van der Waals surface area (Å²) in [4.78, 5) is 0.257. The molecule has 0 aliphatic carbocycles. The number of benzene rings is 1. The quantitative estimate of drug-likeness (QED) is 0.597. The highest BCUT2D eigenvalue weighted by Crippen LogP contribution is 2.23. The predicted octanol–water partition coefficient (Wildman–Crippen LogP) is 3.11. The van der Waals surface area contributed by atoms with E-state index in [1.165, 1.54) is 12.2 Å². The molecule has 0 aliphatic heterocycles. The van der Waals surface area contributed by atoms with Crippen LogP contribution in [0.4, 0.5) is 0 Å². The van der Waals surface area contributed by atoms with E-state index in [0.717, 1.165) is 24.8 Å². The number of rotatable bonds is 10. The van der Waals surface area contributed by atoms with Crippen molar-refractivity contribution in [1.29, 1.82) is 0 Å². The van der Waals surface area contributed by atoms with Gasteiger partial charge in [-0.15, -0.1) is 0 Å². The number of hydrogen-bond acceptors (Lipinski definition) is 4. The highest BCUT2D eigenvalue weighted by molar-refractivity contribution is 9.10. The van der Waals surface area contributed by atoms with E-state index in [4.69, 9.17) is 5.73 Å². The predicted molar refractivity (Wildman–Crippen MR) is 94.1 cm³/mol. The van der Waals surface area contributed by atoms with Crippen LogP contribution in [-0.4, -0.2) is 27.0 Å². The lowest BCUT2D eigenvalue weighted by Gasteiger charge is -2.10. The number of sulfonamides is 1. The molecule has 0 radical (unpaired) electrons. The fraction of sp³-hybridized carbons (Fsp3) is 0.571. The fourth-order valence-corrected chi connectivity index (χ4v) is 4.47.